The highest BCUT2D eigenvalue weighted by Crippen LogP contribution is 2.73. The maximum Gasteiger partial charge on any atom is 0.145 e. The van der Waals surface area contributed by atoms with Gasteiger partial charge >= 0.3 is 0 Å². The van der Waals surface area contributed by atoms with E-state index in [9.17, 15) is 9.90 Å². The van der Waals surface area contributed by atoms with Crippen molar-refractivity contribution in [3.05, 3.63) is 42.4 Å². The average Bonchev–Trinajstić information content (AvgIpc) is 2.99. The minimum atomic E-state index is -0.197. The molecule has 2 aromatic heterocycles. The van der Waals surface area contributed by atoms with Gasteiger partial charge in [0.1, 0.15) is 5.78 Å². The zero-order valence-corrected chi connectivity index (χ0v) is 14.6. The van der Waals surface area contributed by atoms with Crippen molar-refractivity contribution in [2.75, 3.05) is 6.61 Å². The van der Waals surface area contributed by atoms with E-state index in [2.05, 4.69) is 21.4 Å². The molecule has 0 atom stereocenters. The van der Waals surface area contributed by atoms with Crippen LogP contribution >= 0.6 is 0 Å². The van der Waals surface area contributed by atoms with E-state index in [1.807, 2.05) is 37.6 Å². The monoisotopic (exact) mass is 348 g/mol. The number of carbonyl (C=O) groups excluding carboxylic acids is 1. The van der Waals surface area contributed by atoms with Crippen molar-refractivity contribution in [3.8, 4) is 11.1 Å². The molecule has 6 rings (SSSR count). The van der Waals surface area contributed by atoms with Crippen molar-refractivity contribution in [2.24, 2.45) is 17.9 Å². The summed E-state index contributed by atoms with van der Waals surface area (Å²) < 4.78 is 1.78. The van der Waals surface area contributed by atoms with Crippen LogP contribution in [-0.4, -0.2) is 37.5 Å². The third kappa shape index (κ3) is 2.22. The zero-order chi connectivity index (χ0) is 17.9. The lowest BCUT2D eigenvalue weighted by Crippen LogP contribution is -2.67. The van der Waals surface area contributed by atoms with Crippen molar-refractivity contribution in [2.45, 2.75) is 25.7 Å². The summed E-state index contributed by atoms with van der Waals surface area (Å²) in [4.78, 5) is 12.7. The van der Waals surface area contributed by atoms with Crippen LogP contribution < -0.4 is 0 Å². The summed E-state index contributed by atoms with van der Waals surface area (Å²) in [5, 5.41) is 23.1. The molecule has 1 N–H and O–H groups in total. The number of aromatic nitrogens is 4. The molecule has 6 nitrogen and oxygen atoms in total. The molecule has 2 bridgehead atoms. The zero-order valence-electron chi connectivity index (χ0n) is 14.6. The van der Waals surface area contributed by atoms with Crippen molar-refractivity contribution in [3.63, 3.8) is 0 Å². The molecule has 6 heteroatoms. The van der Waals surface area contributed by atoms with E-state index in [1.54, 1.807) is 4.68 Å². The summed E-state index contributed by atoms with van der Waals surface area (Å²) in [5.74, 6) is 0.241. The van der Waals surface area contributed by atoms with Crippen molar-refractivity contribution in [1.29, 1.82) is 0 Å². The molecule has 3 aromatic rings. The number of hydrogen-bond acceptors (Lipinski definition) is 5. The van der Waals surface area contributed by atoms with Crippen LogP contribution in [0.1, 0.15) is 25.0 Å². The predicted octanol–water partition coefficient (Wildman–Crippen LogP) is 2.30. The number of aliphatic hydroxyl groups is 1. The van der Waals surface area contributed by atoms with Crippen LogP contribution in [-0.2, 0) is 18.3 Å². The van der Waals surface area contributed by atoms with Crippen molar-refractivity contribution in [1.82, 2.24) is 20.0 Å². The lowest BCUT2D eigenvalue weighted by molar-refractivity contribution is -0.218. The molecule has 3 saturated carbocycles. The quantitative estimate of drug-likeness (QED) is 0.765. The van der Waals surface area contributed by atoms with Crippen LogP contribution in [0, 0.1) is 10.8 Å². The molecule has 0 spiro atoms. The number of nitrogens with zero attached hydrogens (tertiary/aromatic N) is 4. The molecule has 0 saturated heterocycles. The number of aryl methyl sites for hydroxylation is 1. The number of Topliss-reactive ketones (excluding diaryl/α,β-unsaturated/α-hetero) is 1. The van der Waals surface area contributed by atoms with Crippen LogP contribution in [0.5, 0.6) is 0 Å². The standard InChI is InChI=1S/C20H20N4O2/c1-24-8-15(7-21-24)13-2-3-17-14(4-13)5-16(22-23-17)6-18(26)20-9-19(10-20,11-20)12-25/h2-5,7-8,25H,6,9-12H2,1H3. The summed E-state index contributed by atoms with van der Waals surface area (Å²) in [6, 6.07) is 7.99. The Labute approximate surface area is 150 Å². The Morgan fingerprint density at radius 3 is 2.69 bits per heavy atom. The fourth-order valence-corrected chi connectivity index (χ4v) is 4.74. The molecular formula is C20H20N4O2. The molecule has 0 amide bonds. The molecule has 26 heavy (non-hydrogen) atoms. The summed E-state index contributed by atoms with van der Waals surface area (Å²) in [6.07, 6.45) is 6.63. The van der Waals surface area contributed by atoms with Crippen molar-refractivity contribution < 1.29 is 9.90 Å². The van der Waals surface area contributed by atoms with Gasteiger partial charge in [0.25, 0.3) is 0 Å². The van der Waals surface area contributed by atoms with Crippen LogP contribution in [0.2, 0.25) is 0 Å². The number of hydrogen-bond donors (Lipinski definition) is 1. The number of fused-ring (bicyclic) bond motifs is 1. The Morgan fingerprint density at radius 2 is 2.00 bits per heavy atom. The molecule has 3 fully saturated rings. The Kier molecular flexibility index (Phi) is 3.13. The third-order valence-electron chi connectivity index (χ3n) is 6.08. The number of carbonyl (C=O) groups is 1. The number of aliphatic hydroxyl groups excluding tert-OH is 1. The third-order valence-corrected chi connectivity index (χ3v) is 6.08. The van der Waals surface area contributed by atoms with Crippen LogP contribution in [0.4, 0.5) is 0 Å². The van der Waals surface area contributed by atoms with Gasteiger partial charge in [0.05, 0.1) is 23.8 Å². The first-order valence-electron chi connectivity index (χ1n) is 8.91. The Balaban J connectivity index is 1.40. The molecule has 2 heterocycles. The van der Waals surface area contributed by atoms with Gasteiger partial charge in [0.2, 0.25) is 0 Å². The van der Waals surface area contributed by atoms with E-state index in [-0.39, 0.29) is 23.2 Å². The number of rotatable bonds is 5. The van der Waals surface area contributed by atoms with Gasteiger partial charge in [-0.25, -0.2) is 0 Å². The number of ketones is 1. The minimum Gasteiger partial charge on any atom is -0.396 e. The van der Waals surface area contributed by atoms with E-state index in [0.29, 0.717) is 12.1 Å². The maximum atomic E-state index is 12.7. The Hall–Kier alpha value is -2.60. The predicted molar refractivity (Wildman–Crippen MR) is 96.3 cm³/mol. The maximum absolute atomic E-state index is 12.7. The lowest BCUT2D eigenvalue weighted by Gasteiger charge is -2.69. The molecule has 132 valence electrons. The second-order valence-corrected chi connectivity index (χ2v) is 8.08. The van der Waals surface area contributed by atoms with Gasteiger partial charge in [-0.05, 0) is 48.4 Å². The van der Waals surface area contributed by atoms with Gasteiger partial charge in [-0.15, -0.1) is 0 Å². The first-order valence-corrected chi connectivity index (χ1v) is 8.91. The topological polar surface area (TPSA) is 80.9 Å². The summed E-state index contributed by atoms with van der Waals surface area (Å²) in [6.45, 7) is 0.203. The van der Waals surface area contributed by atoms with Gasteiger partial charge in [-0.3, -0.25) is 9.48 Å². The molecular weight excluding hydrogens is 328 g/mol. The van der Waals surface area contributed by atoms with E-state index < -0.39 is 0 Å². The first-order chi connectivity index (χ1) is 12.5. The lowest BCUT2D eigenvalue weighted by atomic mass is 9.34. The molecule has 1 aromatic carbocycles. The minimum absolute atomic E-state index is 0.0450. The highest BCUT2D eigenvalue weighted by molar-refractivity contribution is 5.91. The fourth-order valence-electron chi connectivity index (χ4n) is 4.74. The molecule has 3 aliphatic rings. The second kappa shape index (κ2) is 5.20. The Morgan fingerprint density at radius 1 is 1.19 bits per heavy atom. The summed E-state index contributed by atoms with van der Waals surface area (Å²) in [5.41, 5.74) is 3.50. The molecule has 0 unspecified atom stereocenters. The second-order valence-electron chi connectivity index (χ2n) is 8.08. The summed E-state index contributed by atoms with van der Waals surface area (Å²) >= 11 is 0. The van der Waals surface area contributed by atoms with Gasteiger partial charge in [-0.2, -0.15) is 15.3 Å². The van der Waals surface area contributed by atoms with E-state index >= 15 is 0 Å². The SMILES string of the molecule is Cn1cc(-c2ccc3nnc(CC(=O)C45CC(CO)(C4)C5)cc3c2)cn1. The normalized spacial score (nSPS) is 26.4. The highest BCUT2D eigenvalue weighted by Gasteiger charge is 2.70. The largest absolute Gasteiger partial charge is 0.396 e. The highest BCUT2D eigenvalue weighted by atomic mass is 16.3. The van der Waals surface area contributed by atoms with Crippen molar-refractivity contribution >= 4 is 16.7 Å². The van der Waals surface area contributed by atoms with Crippen LogP contribution in [0.3, 0.4) is 0 Å². The van der Waals surface area contributed by atoms with Gasteiger partial charge in [0.15, 0.2) is 0 Å². The smallest absolute Gasteiger partial charge is 0.145 e. The van der Waals surface area contributed by atoms with Crippen LogP contribution in [0.15, 0.2) is 36.7 Å². The van der Waals surface area contributed by atoms with E-state index in [1.165, 1.54) is 0 Å². The van der Waals surface area contributed by atoms with E-state index in [4.69, 9.17) is 0 Å². The van der Waals surface area contributed by atoms with Gasteiger partial charge in [-0.1, -0.05) is 6.07 Å². The van der Waals surface area contributed by atoms with Gasteiger partial charge < -0.3 is 5.11 Å². The van der Waals surface area contributed by atoms with Crippen LogP contribution in [0.25, 0.3) is 22.0 Å². The molecule has 0 aliphatic heterocycles. The number of benzene rings is 1. The molecule has 0 radical (unpaired) electrons. The van der Waals surface area contributed by atoms with Gasteiger partial charge in [0, 0.05) is 36.2 Å². The first kappa shape index (κ1) is 15.6. The van der Waals surface area contributed by atoms with E-state index in [0.717, 1.165) is 41.3 Å². The average molecular weight is 348 g/mol. The Bertz CT molecular complexity index is 1020. The fraction of sp³-hybridized carbons (Fsp3) is 0.400. The summed E-state index contributed by atoms with van der Waals surface area (Å²) in [7, 11) is 1.89. The molecule has 3 aliphatic carbocycles.